The number of carbonyl (C=O) groups is 1. The van der Waals surface area contributed by atoms with E-state index in [-0.39, 0.29) is 11.5 Å². The number of rotatable bonds is 5. The number of aliphatic hydroxyl groups is 1. The quantitative estimate of drug-likeness (QED) is 0.564. The van der Waals surface area contributed by atoms with Crippen molar-refractivity contribution in [1.29, 1.82) is 0 Å². The van der Waals surface area contributed by atoms with Gasteiger partial charge in [-0.3, -0.25) is 4.79 Å². The summed E-state index contributed by atoms with van der Waals surface area (Å²) in [6.07, 6.45) is 13.2. The first-order valence-electron chi connectivity index (χ1n) is 12.3. The van der Waals surface area contributed by atoms with E-state index in [4.69, 9.17) is 0 Å². The van der Waals surface area contributed by atoms with Gasteiger partial charge in [0.05, 0.1) is 6.10 Å². The van der Waals surface area contributed by atoms with Crippen molar-refractivity contribution in [3.05, 3.63) is 22.8 Å². The van der Waals surface area contributed by atoms with E-state index in [1.54, 1.807) is 16.7 Å². The lowest BCUT2D eigenvalue weighted by molar-refractivity contribution is -0.121. The van der Waals surface area contributed by atoms with Crippen LogP contribution in [0.2, 0.25) is 0 Å². The maximum Gasteiger partial charge on any atom is 0.133 e. The van der Waals surface area contributed by atoms with Crippen LogP contribution in [0.4, 0.5) is 0 Å². The molecule has 4 aliphatic rings. The summed E-state index contributed by atoms with van der Waals surface area (Å²) in [5.41, 5.74) is 5.66. The summed E-state index contributed by atoms with van der Waals surface area (Å²) < 4.78 is 0. The van der Waals surface area contributed by atoms with Crippen molar-refractivity contribution in [2.24, 2.45) is 34.5 Å². The molecule has 0 spiro atoms. The van der Waals surface area contributed by atoms with Crippen LogP contribution in [0, 0.1) is 34.5 Å². The third-order valence-electron chi connectivity index (χ3n) is 9.35. The molecule has 2 heteroatoms. The van der Waals surface area contributed by atoms with E-state index in [0.29, 0.717) is 34.9 Å². The van der Waals surface area contributed by atoms with Crippen molar-refractivity contribution < 1.29 is 9.90 Å². The molecule has 0 saturated heterocycles. The Hall–Kier alpha value is -0.890. The largest absolute Gasteiger partial charge is 0.393 e. The number of allylic oxidation sites excluding steroid dienone is 4. The van der Waals surface area contributed by atoms with E-state index in [1.807, 2.05) is 0 Å². The van der Waals surface area contributed by atoms with E-state index in [9.17, 15) is 9.90 Å². The summed E-state index contributed by atoms with van der Waals surface area (Å²) in [6, 6.07) is 0. The Labute approximate surface area is 178 Å². The van der Waals surface area contributed by atoms with Crippen molar-refractivity contribution in [2.45, 2.75) is 105 Å². The van der Waals surface area contributed by atoms with Crippen LogP contribution in [0.3, 0.4) is 0 Å². The van der Waals surface area contributed by atoms with Crippen LogP contribution in [0.5, 0.6) is 0 Å². The Kier molecular flexibility index (Phi) is 5.64. The van der Waals surface area contributed by atoms with Gasteiger partial charge in [0.1, 0.15) is 5.78 Å². The number of carbonyl (C=O) groups excluding carboxylic acids is 1. The highest BCUT2D eigenvalue weighted by molar-refractivity contribution is 5.78. The molecule has 0 bridgehead atoms. The minimum absolute atomic E-state index is 0.0802. The Morgan fingerprint density at radius 1 is 1.10 bits per heavy atom. The zero-order valence-electron chi connectivity index (χ0n) is 19.4. The molecule has 4 aliphatic carbocycles. The van der Waals surface area contributed by atoms with Gasteiger partial charge in [0.25, 0.3) is 0 Å². The standard InChI is InChI=1S/C27H42O2/c1-17(2)14-21(29)15-18(3)23-8-9-24-22-7-6-19-16-20(28)10-12-26(19,4)25(22)11-13-27(23,24)5/h9,17-20,23,28H,6-8,10-16H2,1-5H3/t18-,19+,20+,23-,26+,27-/m1/s1. The van der Waals surface area contributed by atoms with E-state index in [2.05, 4.69) is 40.7 Å². The van der Waals surface area contributed by atoms with Gasteiger partial charge in [-0.25, -0.2) is 0 Å². The second-order valence-corrected chi connectivity index (χ2v) is 11.7. The van der Waals surface area contributed by atoms with E-state index in [1.165, 1.54) is 25.7 Å². The molecule has 0 heterocycles. The average Bonchev–Trinajstić information content (AvgIpc) is 2.99. The molecule has 4 rings (SSSR count). The van der Waals surface area contributed by atoms with E-state index < -0.39 is 0 Å². The van der Waals surface area contributed by atoms with Crippen LogP contribution in [0.1, 0.15) is 98.8 Å². The second kappa shape index (κ2) is 7.66. The number of Topliss-reactive ketones (excluding diaryl/α,β-unsaturated/α-hetero) is 1. The fourth-order valence-electron chi connectivity index (χ4n) is 7.77. The number of ketones is 1. The zero-order valence-corrected chi connectivity index (χ0v) is 19.4. The lowest BCUT2D eigenvalue weighted by Gasteiger charge is -2.53. The van der Waals surface area contributed by atoms with Gasteiger partial charge in [-0.15, -0.1) is 0 Å². The fourth-order valence-corrected chi connectivity index (χ4v) is 7.77. The molecule has 162 valence electrons. The molecule has 1 saturated carbocycles. The van der Waals surface area contributed by atoms with Crippen LogP contribution < -0.4 is 0 Å². The molecule has 1 N–H and O–H groups in total. The first-order valence-corrected chi connectivity index (χ1v) is 12.3. The smallest absolute Gasteiger partial charge is 0.133 e. The van der Waals surface area contributed by atoms with Gasteiger partial charge in [-0.05, 0) is 97.0 Å². The molecular formula is C27H42O2. The van der Waals surface area contributed by atoms with E-state index >= 15 is 0 Å². The van der Waals surface area contributed by atoms with E-state index in [0.717, 1.165) is 38.5 Å². The number of hydrogen-bond donors (Lipinski definition) is 1. The molecule has 2 nitrogen and oxygen atoms in total. The van der Waals surface area contributed by atoms with Gasteiger partial charge in [0, 0.05) is 12.8 Å². The average molecular weight is 399 g/mol. The molecule has 0 unspecified atom stereocenters. The Balaban J connectivity index is 1.55. The molecule has 0 radical (unpaired) electrons. The molecule has 0 aromatic heterocycles. The van der Waals surface area contributed by atoms with Crippen molar-refractivity contribution in [2.75, 3.05) is 0 Å². The van der Waals surface area contributed by atoms with Crippen LogP contribution in [0.25, 0.3) is 0 Å². The third kappa shape index (κ3) is 3.58. The molecule has 0 aromatic rings. The number of fused-ring (bicyclic) bond motifs is 4. The first kappa shape index (κ1) is 21.3. The Bertz CT molecular complexity index is 729. The highest BCUT2D eigenvalue weighted by Crippen LogP contribution is 2.64. The first-order chi connectivity index (χ1) is 13.6. The molecule has 0 aromatic carbocycles. The predicted octanol–water partition coefficient (Wildman–Crippen LogP) is 6.63. The highest BCUT2D eigenvalue weighted by atomic mass is 16.3. The Morgan fingerprint density at radius 2 is 1.86 bits per heavy atom. The van der Waals surface area contributed by atoms with Crippen LogP contribution in [0.15, 0.2) is 22.8 Å². The Morgan fingerprint density at radius 3 is 2.59 bits per heavy atom. The van der Waals surface area contributed by atoms with Gasteiger partial charge in [-0.2, -0.15) is 0 Å². The lowest BCUT2D eigenvalue weighted by atomic mass is 9.51. The fraction of sp³-hybridized carbons (Fsp3) is 0.815. The topological polar surface area (TPSA) is 37.3 Å². The molecule has 0 aliphatic heterocycles. The van der Waals surface area contributed by atoms with Crippen molar-refractivity contribution in [1.82, 2.24) is 0 Å². The van der Waals surface area contributed by atoms with Crippen molar-refractivity contribution in [3.63, 3.8) is 0 Å². The van der Waals surface area contributed by atoms with Crippen molar-refractivity contribution in [3.8, 4) is 0 Å². The normalized spacial score (nSPS) is 40.2. The predicted molar refractivity (Wildman–Crippen MR) is 119 cm³/mol. The van der Waals surface area contributed by atoms with Gasteiger partial charge >= 0.3 is 0 Å². The van der Waals surface area contributed by atoms with Gasteiger partial charge in [0.15, 0.2) is 0 Å². The van der Waals surface area contributed by atoms with Crippen LogP contribution in [-0.2, 0) is 4.79 Å². The lowest BCUT2D eigenvalue weighted by Crippen LogP contribution is -2.44. The summed E-state index contributed by atoms with van der Waals surface area (Å²) in [5.74, 6) is 2.67. The van der Waals surface area contributed by atoms with Crippen molar-refractivity contribution >= 4 is 5.78 Å². The minimum Gasteiger partial charge on any atom is -0.393 e. The number of aliphatic hydroxyl groups excluding tert-OH is 1. The molecule has 1 fully saturated rings. The maximum atomic E-state index is 12.5. The van der Waals surface area contributed by atoms with Gasteiger partial charge in [0.2, 0.25) is 0 Å². The summed E-state index contributed by atoms with van der Waals surface area (Å²) >= 11 is 0. The summed E-state index contributed by atoms with van der Waals surface area (Å²) in [7, 11) is 0. The molecule has 0 amide bonds. The zero-order chi connectivity index (χ0) is 21.0. The third-order valence-corrected chi connectivity index (χ3v) is 9.35. The summed E-state index contributed by atoms with van der Waals surface area (Å²) in [6.45, 7) is 11.6. The highest BCUT2D eigenvalue weighted by Gasteiger charge is 2.53. The molecular weight excluding hydrogens is 356 g/mol. The van der Waals surface area contributed by atoms with Crippen LogP contribution >= 0.6 is 0 Å². The monoisotopic (exact) mass is 398 g/mol. The van der Waals surface area contributed by atoms with Gasteiger partial charge in [-0.1, -0.05) is 46.3 Å². The summed E-state index contributed by atoms with van der Waals surface area (Å²) in [5, 5.41) is 10.2. The molecule has 6 atom stereocenters. The minimum atomic E-state index is -0.0802. The summed E-state index contributed by atoms with van der Waals surface area (Å²) in [4.78, 5) is 12.5. The van der Waals surface area contributed by atoms with Crippen LogP contribution in [-0.4, -0.2) is 17.0 Å². The SMILES string of the molecule is CC(C)CC(=O)C[C@@H](C)[C@H]1CC=C2C3=C(CC[C@@]21C)[C@@]1(C)CC[C@H](O)C[C@@H]1CC3. The van der Waals surface area contributed by atoms with Gasteiger partial charge < -0.3 is 5.11 Å². The molecule has 29 heavy (non-hydrogen) atoms. The maximum absolute atomic E-state index is 12.5. The second-order valence-electron chi connectivity index (χ2n) is 11.7. The number of hydrogen-bond acceptors (Lipinski definition) is 2.